The van der Waals surface area contributed by atoms with E-state index in [1.165, 1.54) is 43.7 Å². The second-order valence-corrected chi connectivity index (χ2v) is 9.01. The Balaban J connectivity index is 1.89. The predicted molar refractivity (Wildman–Crippen MR) is 128 cm³/mol. The van der Waals surface area contributed by atoms with E-state index in [0.29, 0.717) is 5.56 Å². The van der Waals surface area contributed by atoms with Crippen molar-refractivity contribution in [1.82, 2.24) is 5.43 Å². The molecule has 10 nitrogen and oxygen atoms in total. The summed E-state index contributed by atoms with van der Waals surface area (Å²) in [5.74, 6) is -0.442. The van der Waals surface area contributed by atoms with Gasteiger partial charge in [-0.3, -0.25) is 19.2 Å². The molecule has 0 aliphatic heterocycles. The third-order valence-corrected chi connectivity index (χ3v) is 6.48. The lowest BCUT2D eigenvalue weighted by atomic mass is 10.2. The van der Waals surface area contributed by atoms with Gasteiger partial charge in [-0.1, -0.05) is 36.4 Å². The number of ether oxygens (including phenoxy) is 1. The smallest absolute Gasteiger partial charge is 0.270 e. The Hall–Kier alpha value is -4.25. The van der Waals surface area contributed by atoms with E-state index in [2.05, 4.69) is 10.5 Å². The molecule has 1 amide bonds. The first-order chi connectivity index (χ1) is 16.2. The zero-order valence-corrected chi connectivity index (χ0v) is 19.2. The third kappa shape index (κ3) is 5.75. The van der Waals surface area contributed by atoms with Crippen molar-refractivity contribution in [3.8, 4) is 5.75 Å². The van der Waals surface area contributed by atoms with Crippen LogP contribution in [0.5, 0.6) is 5.75 Å². The number of hydrogen-bond donors (Lipinski definition) is 1. The number of rotatable bonds is 9. The van der Waals surface area contributed by atoms with Gasteiger partial charge in [-0.25, -0.2) is 13.8 Å². The van der Waals surface area contributed by atoms with Gasteiger partial charge in [-0.2, -0.15) is 5.10 Å². The fourth-order valence-electron chi connectivity index (χ4n) is 3.08. The highest BCUT2D eigenvalue weighted by Gasteiger charge is 2.29. The second-order valence-electron chi connectivity index (χ2n) is 7.15. The Morgan fingerprint density at radius 3 is 2.53 bits per heavy atom. The first-order valence-corrected chi connectivity index (χ1v) is 11.4. The highest BCUT2D eigenvalue weighted by molar-refractivity contribution is 7.92. The van der Waals surface area contributed by atoms with Crippen molar-refractivity contribution in [2.75, 3.05) is 18.0 Å². The molecule has 3 aromatic carbocycles. The molecule has 34 heavy (non-hydrogen) atoms. The van der Waals surface area contributed by atoms with Gasteiger partial charge in [0.05, 0.1) is 28.8 Å². The highest BCUT2D eigenvalue weighted by atomic mass is 32.2. The van der Waals surface area contributed by atoms with Crippen LogP contribution in [0.2, 0.25) is 0 Å². The van der Waals surface area contributed by atoms with E-state index in [-0.39, 0.29) is 22.0 Å². The third-order valence-electron chi connectivity index (χ3n) is 4.71. The molecule has 0 fully saturated rings. The van der Waals surface area contributed by atoms with E-state index in [0.717, 1.165) is 9.87 Å². The lowest BCUT2D eigenvalue weighted by Crippen LogP contribution is -2.39. The number of nitrogens with zero attached hydrogens (tertiary/aromatic N) is 3. The zero-order valence-electron chi connectivity index (χ0n) is 18.4. The molecule has 0 saturated heterocycles. The van der Waals surface area contributed by atoms with Crippen LogP contribution in [0.15, 0.2) is 82.8 Å². The molecular weight excluding hydrogens is 460 g/mol. The summed E-state index contributed by atoms with van der Waals surface area (Å²) in [7, 11) is -2.72. The summed E-state index contributed by atoms with van der Waals surface area (Å²) >= 11 is 0. The Kier molecular flexibility index (Phi) is 7.59. The maximum atomic E-state index is 13.4. The van der Waals surface area contributed by atoms with E-state index < -0.39 is 27.4 Å². The molecule has 0 aliphatic carbocycles. The predicted octanol–water partition coefficient (Wildman–Crippen LogP) is 3.26. The molecule has 11 heteroatoms. The Bertz CT molecular complexity index is 1330. The highest BCUT2D eigenvalue weighted by Crippen LogP contribution is 2.33. The summed E-state index contributed by atoms with van der Waals surface area (Å²) < 4.78 is 33.2. The maximum absolute atomic E-state index is 13.4. The van der Waals surface area contributed by atoms with Crippen LogP contribution in [0.3, 0.4) is 0 Å². The molecule has 0 spiro atoms. The first-order valence-electron chi connectivity index (χ1n) is 10.0. The molecule has 176 valence electrons. The summed E-state index contributed by atoms with van der Waals surface area (Å²) in [6.45, 7) is 1.21. The quantitative estimate of drug-likeness (QED) is 0.283. The molecule has 0 aliphatic rings. The van der Waals surface area contributed by atoms with E-state index >= 15 is 0 Å². The van der Waals surface area contributed by atoms with Crippen LogP contribution in [-0.2, 0) is 14.8 Å². The SMILES string of the molecule is COc1ccc(C)cc1N(CC(=O)N/N=C\c1cccc([N+](=O)[O-])c1)S(=O)(=O)c1ccccc1. The van der Waals surface area contributed by atoms with Crippen molar-refractivity contribution in [1.29, 1.82) is 0 Å². The van der Waals surface area contributed by atoms with Gasteiger partial charge in [-0.15, -0.1) is 0 Å². The molecule has 0 bridgehead atoms. The lowest BCUT2D eigenvalue weighted by molar-refractivity contribution is -0.384. The van der Waals surface area contributed by atoms with Crippen LogP contribution < -0.4 is 14.5 Å². The summed E-state index contributed by atoms with van der Waals surface area (Å²) in [6, 6.07) is 18.4. The minimum atomic E-state index is -4.13. The molecule has 0 atom stereocenters. The number of hydrogen-bond acceptors (Lipinski definition) is 7. The van der Waals surface area contributed by atoms with Gasteiger partial charge in [0.2, 0.25) is 0 Å². The summed E-state index contributed by atoms with van der Waals surface area (Å²) in [5.41, 5.74) is 3.51. The van der Waals surface area contributed by atoms with Crippen molar-refractivity contribution < 1.29 is 22.9 Å². The number of methoxy groups -OCH3 is 1. The molecule has 0 saturated carbocycles. The summed E-state index contributed by atoms with van der Waals surface area (Å²) in [5, 5.41) is 14.7. The number of sulfonamides is 1. The van der Waals surface area contributed by atoms with E-state index in [1.54, 1.807) is 49.4 Å². The second kappa shape index (κ2) is 10.6. The number of nitro benzene ring substituents is 1. The minimum absolute atomic E-state index is 0.00598. The summed E-state index contributed by atoms with van der Waals surface area (Å²) in [6.07, 6.45) is 1.23. The van der Waals surface area contributed by atoms with Gasteiger partial charge >= 0.3 is 0 Å². The van der Waals surface area contributed by atoms with Gasteiger partial charge < -0.3 is 4.74 Å². The average Bonchev–Trinajstić information content (AvgIpc) is 2.83. The monoisotopic (exact) mass is 482 g/mol. The summed E-state index contributed by atoms with van der Waals surface area (Å²) in [4.78, 5) is 23.0. The normalized spacial score (nSPS) is 11.2. The number of non-ortho nitro benzene ring substituents is 1. The fraction of sp³-hybridized carbons (Fsp3) is 0.130. The molecule has 0 unspecified atom stereocenters. The standard InChI is InChI=1S/C23H22N4O6S/c1-17-11-12-22(33-2)21(13-17)26(34(31,32)20-9-4-3-5-10-20)16-23(28)25-24-15-18-7-6-8-19(14-18)27(29)30/h3-15H,16H2,1-2H3,(H,25,28)/b24-15-. The molecule has 0 aromatic heterocycles. The number of aryl methyl sites for hydroxylation is 1. The van der Waals surface area contributed by atoms with Gasteiger partial charge in [0.25, 0.3) is 21.6 Å². The van der Waals surface area contributed by atoms with E-state index in [9.17, 15) is 23.3 Å². The van der Waals surface area contributed by atoms with Crippen LogP contribution in [0.4, 0.5) is 11.4 Å². The Morgan fingerprint density at radius 1 is 1.12 bits per heavy atom. The van der Waals surface area contributed by atoms with Crippen molar-refractivity contribution in [2.45, 2.75) is 11.8 Å². The van der Waals surface area contributed by atoms with Crippen LogP contribution in [0.1, 0.15) is 11.1 Å². The lowest BCUT2D eigenvalue weighted by Gasteiger charge is -2.25. The molecule has 0 heterocycles. The number of amides is 1. The number of anilines is 1. The van der Waals surface area contributed by atoms with E-state index in [4.69, 9.17) is 4.74 Å². The molecule has 1 N–H and O–H groups in total. The van der Waals surface area contributed by atoms with Gasteiger partial charge in [0.1, 0.15) is 12.3 Å². The van der Waals surface area contributed by atoms with Crippen molar-refractivity contribution >= 4 is 33.5 Å². The van der Waals surface area contributed by atoms with E-state index in [1.807, 2.05) is 0 Å². The van der Waals surface area contributed by atoms with Gasteiger partial charge in [0.15, 0.2) is 0 Å². The number of hydrazone groups is 1. The fourth-order valence-corrected chi connectivity index (χ4v) is 4.52. The van der Waals surface area contributed by atoms with Gasteiger partial charge in [0, 0.05) is 17.7 Å². The molecular formula is C23H22N4O6S. The van der Waals surface area contributed by atoms with Crippen molar-refractivity contribution in [3.63, 3.8) is 0 Å². The zero-order chi connectivity index (χ0) is 24.7. The number of carbonyl (C=O) groups is 1. The van der Waals surface area contributed by atoms with Crippen LogP contribution in [0, 0.1) is 17.0 Å². The van der Waals surface area contributed by atoms with Crippen LogP contribution in [0.25, 0.3) is 0 Å². The first kappa shape index (κ1) is 24.4. The minimum Gasteiger partial charge on any atom is -0.495 e. The molecule has 0 radical (unpaired) electrons. The van der Waals surface area contributed by atoms with Crippen molar-refractivity contribution in [3.05, 3.63) is 94.0 Å². The van der Waals surface area contributed by atoms with Gasteiger partial charge in [-0.05, 0) is 36.8 Å². The Labute approximate surface area is 196 Å². The van der Waals surface area contributed by atoms with Crippen molar-refractivity contribution in [2.24, 2.45) is 5.10 Å². The molecule has 3 aromatic rings. The maximum Gasteiger partial charge on any atom is 0.270 e. The van der Waals surface area contributed by atoms with Crippen LogP contribution in [-0.4, -0.2) is 39.1 Å². The topological polar surface area (TPSA) is 131 Å². The average molecular weight is 483 g/mol. The number of nitro groups is 1. The number of nitrogens with one attached hydrogen (secondary N) is 1. The number of carbonyl (C=O) groups excluding carboxylic acids is 1. The largest absolute Gasteiger partial charge is 0.495 e. The van der Waals surface area contributed by atoms with Crippen LogP contribution >= 0.6 is 0 Å². The molecule has 3 rings (SSSR count). The number of benzene rings is 3. The Morgan fingerprint density at radius 2 is 1.85 bits per heavy atom.